The van der Waals surface area contributed by atoms with Gasteiger partial charge in [0.1, 0.15) is 0 Å². The summed E-state index contributed by atoms with van der Waals surface area (Å²) in [7, 11) is 0. The van der Waals surface area contributed by atoms with E-state index in [9.17, 15) is 0 Å². The Labute approximate surface area is 189 Å². The van der Waals surface area contributed by atoms with Crippen LogP contribution in [0.5, 0.6) is 0 Å². The molecule has 0 bridgehead atoms. The van der Waals surface area contributed by atoms with Gasteiger partial charge in [-0.15, -0.1) is 94.4 Å². The zero-order valence-corrected chi connectivity index (χ0v) is 18.2. The first-order chi connectivity index (χ1) is 11.8. The molecule has 0 atom stereocenters. The standard InChI is InChI=1S/2C12H11.2ClH.Ti/c2*1-2-5-10-8-9-11-6-3-4-7-12(10)11;;;/h2*2-4,6-9H,1,5H2;2*1H;/q2*-1;;;+4/p-2. The molecule has 0 fully saturated rings. The molecule has 136 valence electrons. The zero-order chi connectivity index (χ0) is 16.8. The van der Waals surface area contributed by atoms with Crippen LogP contribution in [0, 0.1) is 0 Å². The van der Waals surface area contributed by atoms with Crippen LogP contribution < -0.4 is 24.8 Å². The van der Waals surface area contributed by atoms with E-state index >= 15 is 0 Å². The summed E-state index contributed by atoms with van der Waals surface area (Å²) in [6.45, 7) is 7.48. The van der Waals surface area contributed by atoms with Gasteiger partial charge >= 0.3 is 21.7 Å². The maximum atomic E-state index is 3.74. The van der Waals surface area contributed by atoms with Gasteiger partial charge in [-0.3, -0.25) is 0 Å². The molecule has 0 saturated heterocycles. The van der Waals surface area contributed by atoms with E-state index in [0.717, 1.165) is 12.8 Å². The van der Waals surface area contributed by atoms with E-state index in [1.807, 2.05) is 12.2 Å². The summed E-state index contributed by atoms with van der Waals surface area (Å²) < 4.78 is 0. The van der Waals surface area contributed by atoms with E-state index < -0.39 is 0 Å². The number of hydrogen-bond acceptors (Lipinski definition) is 0. The summed E-state index contributed by atoms with van der Waals surface area (Å²) >= 11 is 0. The Kier molecular flexibility index (Phi) is 12.0. The largest absolute Gasteiger partial charge is 4.00 e. The summed E-state index contributed by atoms with van der Waals surface area (Å²) in [5.74, 6) is 0. The molecule has 0 aliphatic rings. The first kappa shape index (κ1) is 25.4. The van der Waals surface area contributed by atoms with Crippen molar-refractivity contribution in [1.82, 2.24) is 0 Å². The molecule has 0 radical (unpaired) electrons. The third-order valence-electron chi connectivity index (χ3n) is 4.27. The van der Waals surface area contributed by atoms with E-state index in [1.165, 1.54) is 32.7 Å². The predicted molar refractivity (Wildman–Crippen MR) is 107 cm³/mol. The van der Waals surface area contributed by atoms with Crippen molar-refractivity contribution in [2.75, 3.05) is 0 Å². The van der Waals surface area contributed by atoms with Gasteiger partial charge in [-0.2, -0.15) is 12.1 Å². The first-order valence-corrected chi connectivity index (χ1v) is 8.32. The van der Waals surface area contributed by atoms with Crippen molar-refractivity contribution in [3.05, 3.63) is 109 Å². The summed E-state index contributed by atoms with van der Waals surface area (Å²) in [5, 5.41) is 5.37. The molecule has 0 aliphatic carbocycles. The Hall–Kier alpha value is -1.57. The first-order valence-electron chi connectivity index (χ1n) is 8.32. The fourth-order valence-corrected chi connectivity index (χ4v) is 3.10. The van der Waals surface area contributed by atoms with Gasteiger partial charge in [-0.05, 0) is 12.8 Å². The molecule has 4 rings (SSSR count). The van der Waals surface area contributed by atoms with Gasteiger partial charge < -0.3 is 24.8 Å². The van der Waals surface area contributed by atoms with Crippen molar-refractivity contribution in [2.24, 2.45) is 0 Å². The van der Waals surface area contributed by atoms with Gasteiger partial charge in [0.05, 0.1) is 0 Å². The molecule has 0 N–H and O–H groups in total. The molecule has 0 unspecified atom stereocenters. The molecule has 0 heterocycles. The number of benzene rings is 2. The average molecular weight is 429 g/mol. The third kappa shape index (κ3) is 6.23. The van der Waals surface area contributed by atoms with E-state index in [2.05, 4.69) is 86.0 Å². The minimum atomic E-state index is 0. The number of rotatable bonds is 4. The molecule has 4 aromatic rings. The molecule has 0 aliphatic heterocycles. The Bertz CT molecular complexity index is 883. The van der Waals surface area contributed by atoms with Crippen LogP contribution in [0.1, 0.15) is 11.1 Å². The maximum Gasteiger partial charge on any atom is 4.00 e. The minimum absolute atomic E-state index is 0. The fourth-order valence-electron chi connectivity index (χ4n) is 3.10. The average Bonchev–Trinajstić information content (AvgIpc) is 3.22. The van der Waals surface area contributed by atoms with E-state index in [4.69, 9.17) is 0 Å². The Balaban J connectivity index is 0.000000451. The summed E-state index contributed by atoms with van der Waals surface area (Å²) in [6.07, 6.45) is 5.82. The molecule has 0 saturated carbocycles. The Morgan fingerprint density at radius 1 is 0.630 bits per heavy atom. The second-order valence-electron chi connectivity index (χ2n) is 5.88. The van der Waals surface area contributed by atoms with Crippen LogP contribution in [0.2, 0.25) is 0 Å². The van der Waals surface area contributed by atoms with Crippen LogP contribution in [0.4, 0.5) is 0 Å². The van der Waals surface area contributed by atoms with Crippen molar-refractivity contribution in [3.63, 3.8) is 0 Å². The summed E-state index contributed by atoms with van der Waals surface area (Å²) in [5.41, 5.74) is 2.75. The van der Waals surface area contributed by atoms with Crippen LogP contribution in [-0.2, 0) is 34.6 Å². The second-order valence-corrected chi connectivity index (χ2v) is 5.88. The molecule has 0 spiro atoms. The zero-order valence-electron chi connectivity index (χ0n) is 15.2. The number of fused-ring (bicyclic) bond motifs is 2. The number of halogens is 2. The van der Waals surface area contributed by atoms with Gasteiger partial charge in [0, 0.05) is 0 Å². The SMILES string of the molecule is C=CC[c-]1ccc2ccccc21.C=CC[c-]1ccc2ccccc21.[Cl-].[Cl-].[Ti+4]. The number of hydrogen-bond donors (Lipinski definition) is 0. The Morgan fingerprint density at radius 3 is 1.37 bits per heavy atom. The fraction of sp³-hybridized carbons (Fsp3) is 0.0833. The topological polar surface area (TPSA) is 0 Å². The van der Waals surface area contributed by atoms with Gasteiger partial charge in [-0.1, -0.05) is 24.3 Å². The van der Waals surface area contributed by atoms with Crippen LogP contribution in [-0.4, -0.2) is 0 Å². The monoisotopic (exact) mass is 428 g/mol. The predicted octanol–water partition coefficient (Wildman–Crippen LogP) is 0.580. The molecule has 0 nitrogen and oxygen atoms in total. The van der Waals surface area contributed by atoms with Crippen molar-refractivity contribution in [3.8, 4) is 0 Å². The van der Waals surface area contributed by atoms with E-state index in [-0.39, 0.29) is 46.5 Å². The van der Waals surface area contributed by atoms with Crippen molar-refractivity contribution < 1.29 is 46.5 Å². The van der Waals surface area contributed by atoms with Gasteiger partial charge in [0.15, 0.2) is 0 Å². The summed E-state index contributed by atoms with van der Waals surface area (Å²) in [6, 6.07) is 25.6. The second kappa shape index (κ2) is 12.8. The molecule has 3 heteroatoms. The third-order valence-corrected chi connectivity index (χ3v) is 4.27. The number of allylic oxidation sites excluding steroid dienone is 2. The molecule has 27 heavy (non-hydrogen) atoms. The van der Waals surface area contributed by atoms with Gasteiger partial charge in [0.25, 0.3) is 0 Å². The van der Waals surface area contributed by atoms with Crippen molar-refractivity contribution >= 4 is 21.5 Å². The van der Waals surface area contributed by atoms with Crippen LogP contribution in [0.3, 0.4) is 0 Å². The van der Waals surface area contributed by atoms with Crippen LogP contribution in [0.25, 0.3) is 21.5 Å². The normalized spacial score (nSPS) is 9.19. The van der Waals surface area contributed by atoms with E-state index in [0.29, 0.717) is 0 Å². The minimum Gasteiger partial charge on any atom is -1.00 e. The van der Waals surface area contributed by atoms with E-state index in [1.54, 1.807) is 0 Å². The smallest absolute Gasteiger partial charge is 1.00 e. The molecule has 0 aromatic heterocycles. The van der Waals surface area contributed by atoms with Crippen molar-refractivity contribution in [1.29, 1.82) is 0 Å². The van der Waals surface area contributed by atoms with Crippen molar-refractivity contribution in [2.45, 2.75) is 12.8 Å². The van der Waals surface area contributed by atoms with Crippen LogP contribution >= 0.6 is 0 Å². The molecular formula is C24H22Cl2Ti. The molecule has 4 aromatic carbocycles. The summed E-state index contributed by atoms with van der Waals surface area (Å²) in [4.78, 5) is 0. The quantitative estimate of drug-likeness (QED) is 0.253. The van der Waals surface area contributed by atoms with Gasteiger partial charge in [-0.25, -0.2) is 0 Å². The molecule has 0 amide bonds. The van der Waals surface area contributed by atoms with Crippen LogP contribution in [0.15, 0.2) is 98.1 Å². The maximum absolute atomic E-state index is 3.74. The van der Waals surface area contributed by atoms with Gasteiger partial charge in [0.2, 0.25) is 0 Å². The molecular weight excluding hydrogens is 407 g/mol. The Morgan fingerprint density at radius 2 is 1.00 bits per heavy atom.